The molecule has 0 saturated carbocycles. The van der Waals surface area contributed by atoms with E-state index in [-0.39, 0.29) is 21.0 Å². The topological polar surface area (TPSA) is 106 Å². The standard InChI is InChI=1S/C19H12BrFN2O5S/c20-18-10-1-12(21)11-17(18)19(24)22-13-2-6-15(7-3-13)29(27,28)16-8-4-14(5-9-16)23(25)26/h1-11H,(H,22,24). The molecule has 0 aromatic heterocycles. The smallest absolute Gasteiger partial charge is 0.269 e. The Morgan fingerprint density at radius 3 is 2.07 bits per heavy atom. The Bertz CT molecular complexity index is 1200. The number of anilines is 1. The summed E-state index contributed by atoms with van der Waals surface area (Å²) in [6.45, 7) is 0. The van der Waals surface area contributed by atoms with E-state index in [1.54, 1.807) is 0 Å². The number of nitro benzene ring substituents is 1. The zero-order chi connectivity index (χ0) is 21.2. The number of rotatable bonds is 5. The van der Waals surface area contributed by atoms with Crippen molar-refractivity contribution < 1.29 is 22.5 Å². The molecule has 148 valence electrons. The number of sulfone groups is 1. The van der Waals surface area contributed by atoms with Gasteiger partial charge >= 0.3 is 0 Å². The Morgan fingerprint density at radius 2 is 1.52 bits per heavy atom. The molecule has 29 heavy (non-hydrogen) atoms. The zero-order valence-electron chi connectivity index (χ0n) is 14.5. The number of carbonyl (C=O) groups is 1. The van der Waals surface area contributed by atoms with Gasteiger partial charge in [-0.15, -0.1) is 0 Å². The van der Waals surface area contributed by atoms with Gasteiger partial charge in [0.25, 0.3) is 11.6 Å². The third-order valence-electron chi connectivity index (χ3n) is 3.95. The summed E-state index contributed by atoms with van der Waals surface area (Å²) in [5, 5.41) is 13.3. The zero-order valence-corrected chi connectivity index (χ0v) is 16.9. The number of nitro groups is 1. The Labute approximate surface area is 173 Å². The number of non-ortho nitro benzene ring substituents is 1. The first-order valence-corrected chi connectivity index (χ1v) is 10.3. The summed E-state index contributed by atoms with van der Waals surface area (Å²) in [6, 6.07) is 13.6. The van der Waals surface area contributed by atoms with Crippen molar-refractivity contribution in [3.63, 3.8) is 0 Å². The first-order chi connectivity index (χ1) is 13.7. The SMILES string of the molecule is O=C(Nc1ccc(S(=O)(=O)c2ccc([N+](=O)[O-])cc2)cc1)c1cc(F)ccc1Br. The van der Waals surface area contributed by atoms with Crippen molar-refractivity contribution >= 4 is 43.0 Å². The van der Waals surface area contributed by atoms with E-state index >= 15 is 0 Å². The Hall–Kier alpha value is -3.11. The maximum Gasteiger partial charge on any atom is 0.269 e. The average molecular weight is 479 g/mol. The van der Waals surface area contributed by atoms with Crippen molar-refractivity contribution in [1.82, 2.24) is 0 Å². The highest BCUT2D eigenvalue weighted by Gasteiger charge is 2.19. The number of nitrogens with zero attached hydrogens (tertiary/aromatic N) is 1. The summed E-state index contributed by atoms with van der Waals surface area (Å²) in [5.41, 5.74) is 0.187. The maximum atomic E-state index is 13.4. The number of nitrogens with one attached hydrogen (secondary N) is 1. The van der Waals surface area contributed by atoms with Gasteiger partial charge in [-0.25, -0.2) is 12.8 Å². The van der Waals surface area contributed by atoms with Crippen LogP contribution >= 0.6 is 15.9 Å². The van der Waals surface area contributed by atoms with Crippen LogP contribution in [0.15, 0.2) is 81.0 Å². The Morgan fingerprint density at radius 1 is 0.966 bits per heavy atom. The molecule has 0 aliphatic carbocycles. The molecule has 0 fully saturated rings. The summed E-state index contributed by atoms with van der Waals surface area (Å²) in [7, 11) is -3.88. The molecule has 0 heterocycles. The molecule has 0 bridgehead atoms. The molecule has 0 saturated heterocycles. The predicted molar refractivity (Wildman–Crippen MR) is 107 cm³/mol. The van der Waals surface area contributed by atoms with Crippen molar-refractivity contribution in [2.75, 3.05) is 5.32 Å². The lowest BCUT2D eigenvalue weighted by Crippen LogP contribution is -2.13. The summed E-state index contributed by atoms with van der Waals surface area (Å²) in [4.78, 5) is 22.2. The molecule has 3 aromatic rings. The summed E-state index contributed by atoms with van der Waals surface area (Å²) in [6.07, 6.45) is 0. The van der Waals surface area contributed by atoms with Crippen LogP contribution in [0.1, 0.15) is 10.4 Å². The molecular formula is C19H12BrFN2O5S. The Kier molecular flexibility index (Phi) is 5.76. The first-order valence-electron chi connectivity index (χ1n) is 8.04. The van der Waals surface area contributed by atoms with E-state index in [1.165, 1.54) is 36.4 Å². The van der Waals surface area contributed by atoms with Crippen molar-refractivity contribution in [3.8, 4) is 0 Å². The van der Waals surface area contributed by atoms with Gasteiger partial charge in [-0.3, -0.25) is 14.9 Å². The minimum atomic E-state index is -3.88. The van der Waals surface area contributed by atoms with Crippen LogP contribution in [0, 0.1) is 15.9 Å². The van der Waals surface area contributed by atoms with Gasteiger partial charge in [0.1, 0.15) is 5.82 Å². The van der Waals surface area contributed by atoms with Crippen LogP contribution in [0.5, 0.6) is 0 Å². The quantitative estimate of drug-likeness (QED) is 0.426. The lowest BCUT2D eigenvalue weighted by molar-refractivity contribution is -0.384. The number of hydrogen-bond acceptors (Lipinski definition) is 5. The summed E-state index contributed by atoms with van der Waals surface area (Å²) < 4.78 is 39.1. The van der Waals surface area contributed by atoms with Gasteiger partial charge in [0.05, 0.1) is 20.3 Å². The first kappa shape index (κ1) is 20.6. The van der Waals surface area contributed by atoms with Crippen LogP contribution in [0.4, 0.5) is 15.8 Å². The third-order valence-corrected chi connectivity index (χ3v) is 6.43. The molecule has 1 amide bonds. The van der Waals surface area contributed by atoms with Gasteiger partial charge in [-0.2, -0.15) is 0 Å². The molecule has 0 aliphatic heterocycles. The van der Waals surface area contributed by atoms with E-state index in [0.717, 1.165) is 30.3 Å². The molecule has 0 aliphatic rings. The molecule has 7 nitrogen and oxygen atoms in total. The van der Waals surface area contributed by atoms with Gasteiger partial charge in [0.2, 0.25) is 9.84 Å². The van der Waals surface area contributed by atoms with Crippen LogP contribution in [0.25, 0.3) is 0 Å². The van der Waals surface area contributed by atoms with Crippen molar-refractivity contribution in [2.24, 2.45) is 0 Å². The van der Waals surface area contributed by atoms with Gasteiger partial charge in [-0.05, 0) is 70.5 Å². The fourth-order valence-electron chi connectivity index (χ4n) is 2.47. The molecule has 3 rings (SSSR count). The number of carbonyl (C=O) groups excluding carboxylic acids is 1. The largest absolute Gasteiger partial charge is 0.322 e. The van der Waals surface area contributed by atoms with Crippen molar-refractivity contribution in [3.05, 3.63) is 92.7 Å². The highest BCUT2D eigenvalue weighted by molar-refractivity contribution is 9.10. The number of hydrogen-bond donors (Lipinski definition) is 1. The molecule has 0 atom stereocenters. The van der Waals surface area contributed by atoms with Crippen LogP contribution in [0.2, 0.25) is 0 Å². The van der Waals surface area contributed by atoms with E-state index in [4.69, 9.17) is 0 Å². The third kappa shape index (κ3) is 4.49. The molecular weight excluding hydrogens is 467 g/mol. The van der Waals surface area contributed by atoms with E-state index in [2.05, 4.69) is 21.2 Å². The maximum absolute atomic E-state index is 13.4. The van der Waals surface area contributed by atoms with Crippen LogP contribution in [0.3, 0.4) is 0 Å². The second kappa shape index (κ2) is 8.10. The van der Waals surface area contributed by atoms with Gasteiger partial charge < -0.3 is 5.32 Å². The number of benzene rings is 3. The van der Waals surface area contributed by atoms with E-state index in [1.807, 2.05) is 0 Å². The van der Waals surface area contributed by atoms with E-state index in [0.29, 0.717) is 10.2 Å². The second-order valence-corrected chi connectivity index (χ2v) is 8.66. The number of amides is 1. The van der Waals surface area contributed by atoms with Gasteiger partial charge in [-0.1, -0.05) is 0 Å². The monoisotopic (exact) mass is 478 g/mol. The fourth-order valence-corrected chi connectivity index (χ4v) is 4.16. The lowest BCUT2D eigenvalue weighted by Gasteiger charge is -2.09. The minimum Gasteiger partial charge on any atom is -0.322 e. The summed E-state index contributed by atoms with van der Waals surface area (Å²) in [5.74, 6) is -1.13. The fraction of sp³-hybridized carbons (Fsp3) is 0. The van der Waals surface area contributed by atoms with Gasteiger partial charge in [0, 0.05) is 22.3 Å². The highest BCUT2D eigenvalue weighted by Crippen LogP contribution is 2.25. The lowest BCUT2D eigenvalue weighted by atomic mass is 10.2. The molecule has 0 radical (unpaired) electrons. The molecule has 0 spiro atoms. The molecule has 0 unspecified atom stereocenters. The Balaban J connectivity index is 1.81. The second-order valence-electron chi connectivity index (χ2n) is 5.86. The van der Waals surface area contributed by atoms with Crippen LogP contribution in [-0.2, 0) is 9.84 Å². The van der Waals surface area contributed by atoms with Crippen molar-refractivity contribution in [1.29, 1.82) is 0 Å². The van der Waals surface area contributed by atoms with E-state index in [9.17, 15) is 27.7 Å². The van der Waals surface area contributed by atoms with Crippen LogP contribution in [-0.4, -0.2) is 19.2 Å². The minimum absolute atomic E-state index is 0.0451. The summed E-state index contributed by atoms with van der Waals surface area (Å²) >= 11 is 3.17. The predicted octanol–water partition coefficient (Wildman–Crippen LogP) is 4.58. The molecule has 1 N–H and O–H groups in total. The van der Waals surface area contributed by atoms with Gasteiger partial charge in [0.15, 0.2) is 0 Å². The van der Waals surface area contributed by atoms with E-state index < -0.39 is 26.5 Å². The molecule has 10 heteroatoms. The van der Waals surface area contributed by atoms with Crippen molar-refractivity contribution in [2.45, 2.75) is 9.79 Å². The average Bonchev–Trinajstić information content (AvgIpc) is 2.70. The molecule has 3 aromatic carbocycles. The highest BCUT2D eigenvalue weighted by atomic mass is 79.9. The number of halogens is 2. The van der Waals surface area contributed by atoms with Crippen LogP contribution < -0.4 is 5.32 Å². The normalized spacial score (nSPS) is 11.1.